The predicted molar refractivity (Wildman–Crippen MR) is 103 cm³/mol. The van der Waals surface area contributed by atoms with Crippen molar-refractivity contribution in [1.29, 1.82) is 0 Å². The van der Waals surface area contributed by atoms with Crippen molar-refractivity contribution in [3.63, 3.8) is 0 Å². The number of hydrogen-bond donors (Lipinski definition) is 1. The second kappa shape index (κ2) is 8.76. The fraction of sp³-hybridized carbons (Fsp3) is 0.350. The molecule has 0 unspecified atom stereocenters. The van der Waals surface area contributed by atoms with Crippen LogP contribution in [0.2, 0.25) is 10.0 Å². The van der Waals surface area contributed by atoms with Crippen LogP contribution in [0.15, 0.2) is 42.5 Å². The van der Waals surface area contributed by atoms with Crippen molar-refractivity contribution in [2.24, 2.45) is 5.92 Å². The third-order valence-corrected chi connectivity index (χ3v) is 5.26. The molecule has 0 aliphatic carbocycles. The highest BCUT2D eigenvalue weighted by Gasteiger charge is 2.26. The molecule has 4 nitrogen and oxygen atoms in total. The van der Waals surface area contributed by atoms with Crippen molar-refractivity contribution in [3.8, 4) is 5.75 Å². The number of aliphatic carboxylic acids is 1. The molecule has 0 bridgehead atoms. The van der Waals surface area contributed by atoms with Crippen LogP contribution < -0.4 is 4.74 Å². The summed E-state index contributed by atoms with van der Waals surface area (Å²) < 4.78 is 5.79. The van der Waals surface area contributed by atoms with Crippen LogP contribution >= 0.6 is 23.2 Å². The monoisotopic (exact) mass is 393 g/mol. The maximum atomic E-state index is 10.6. The molecule has 1 saturated heterocycles. The van der Waals surface area contributed by atoms with Crippen molar-refractivity contribution >= 4 is 29.2 Å². The number of likely N-dealkylation sites (tertiary alicyclic amines) is 1. The van der Waals surface area contributed by atoms with Gasteiger partial charge in [0.15, 0.2) is 0 Å². The zero-order valence-corrected chi connectivity index (χ0v) is 15.8. The van der Waals surface area contributed by atoms with Gasteiger partial charge in [0.05, 0.1) is 10.0 Å². The molecule has 1 aliphatic rings. The molecule has 0 spiro atoms. The summed E-state index contributed by atoms with van der Waals surface area (Å²) in [6, 6.07) is 13.5. The maximum Gasteiger partial charge on any atom is 0.303 e. The molecule has 1 N–H and O–H groups in total. The molecular formula is C20H21Cl2NO3. The topological polar surface area (TPSA) is 49.8 Å². The molecular weight excluding hydrogens is 373 g/mol. The summed E-state index contributed by atoms with van der Waals surface area (Å²) in [6.45, 7) is 3.27. The van der Waals surface area contributed by atoms with E-state index in [0.717, 1.165) is 37.4 Å². The second-order valence-electron chi connectivity index (χ2n) is 6.67. The Balaban J connectivity index is 1.42. The molecule has 138 valence electrons. The van der Waals surface area contributed by atoms with Gasteiger partial charge in [-0.1, -0.05) is 41.4 Å². The number of benzene rings is 2. The average molecular weight is 394 g/mol. The van der Waals surface area contributed by atoms with Crippen molar-refractivity contribution in [1.82, 2.24) is 4.90 Å². The number of carboxylic acid groups (broad SMARTS) is 1. The Morgan fingerprint density at radius 3 is 2.42 bits per heavy atom. The molecule has 3 rings (SSSR count). The standard InChI is InChI=1S/C20H21Cl2NO3/c21-18-7-3-15(9-19(18)22)13-26-17-5-1-14(2-6-17)10-23-11-16(12-23)4-8-20(24)25/h1-3,5-7,9,16H,4,8,10-13H2,(H,24,25). The van der Waals surface area contributed by atoms with Crippen molar-refractivity contribution in [2.45, 2.75) is 26.0 Å². The first-order valence-corrected chi connectivity index (χ1v) is 9.35. The molecule has 0 aromatic heterocycles. The summed E-state index contributed by atoms with van der Waals surface area (Å²) >= 11 is 11.9. The summed E-state index contributed by atoms with van der Waals surface area (Å²) in [4.78, 5) is 12.9. The SMILES string of the molecule is O=C(O)CCC1CN(Cc2ccc(OCc3ccc(Cl)c(Cl)c3)cc2)C1. The second-order valence-corrected chi connectivity index (χ2v) is 7.49. The van der Waals surface area contributed by atoms with Crippen LogP contribution in [-0.4, -0.2) is 29.1 Å². The van der Waals surface area contributed by atoms with E-state index >= 15 is 0 Å². The third-order valence-electron chi connectivity index (χ3n) is 4.52. The van der Waals surface area contributed by atoms with E-state index in [1.165, 1.54) is 5.56 Å². The number of carboxylic acids is 1. The number of rotatable bonds is 8. The molecule has 1 aliphatic heterocycles. The number of carbonyl (C=O) groups is 1. The number of halogens is 2. The van der Waals surface area contributed by atoms with Gasteiger partial charge in [-0.05, 0) is 47.7 Å². The molecule has 1 fully saturated rings. The number of nitrogens with zero attached hydrogens (tertiary/aromatic N) is 1. The summed E-state index contributed by atoms with van der Waals surface area (Å²) in [7, 11) is 0. The van der Waals surface area contributed by atoms with Gasteiger partial charge in [0.25, 0.3) is 0 Å². The van der Waals surface area contributed by atoms with Crippen molar-refractivity contribution in [3.05, 3.63) is 63.6 Å². The van der Waals surface area contributed by atoms with Gasteiger partial charge in [-0.3, -0.25) is 9.69 Å². The Kier molecular flexibility index (Phi) is 6.41. The first kappa shape index (κ1) is 19.0. The number of hydrogen-bond acceptors (Lipinski definition) is 3. The van der Waals surface area contributed by atoms with Crippen LogP contribution in [0.25, 0.3) is 0 Å². The maximum absolute atomic E-state index is 10.6. The van der Waals surface area contributed by atoms with Gasteiger partial charge < -0.3 is 9.84 Å². The Bertz CT molecular complexity index is 758. The largest absolute Gasteiger partial charge is 0.489 e. The van der Waals surface area contributed by atoms with Gasteiger partial charge in [0.2, 0.25) is 0 Å². The highest BCUT2D eigenvalue weighted by atomic mass is 35.5. The quantitative estimate of drug-likeness (QED) is 0.694. The normalized spacial score (nSPS) is 14.8. The summed E-state index contributed by atoms with van der Waals surface area (Å²) in [5.74, 6) is 0.614. The van der Waals surface area contributed by atoms with Gasteiger partial charge in [-0.2, -0.15) is 0 Å². The fourth-order valence-electron chi connectivity index (χ4n) is 3.06. The molecule has 0 radical (unpaired) electrons. The molecule has 0 amide bonds. The van der Waals surface area contributed by atoms with E-state index in [2.05, 4.69) is 17.0 Å². The molecule has 2 aromatic rings. The zero-order chi connectivity index (χ0) is 18.5. The highest BCUT2D eigenvalue weighted by molar-refractivity contribution is 6.42. The van der Waals surface area contributed by atoms with Gasteiger partial charge in [0.1, 0.15) is 12.4 Å². The van der Waals surface area contributed by atoms with Gasteiger partial charge in [-0.15, -0.1) is 0 Å². The highest BCUT2D eigenvalue weighted by Crippen LogP contribution is 2.25. The lowest BCUT2D eigenvalue weighted by Crippen LogP contribution is -2.45. The first-order chi connectivity index (χ1) is 12.5. The van der Waals surface area contributed by atoms with Crippen LogP contribution in [-0.2, 0) is 17.9 Å². The Hall–Kier alpha value is -1.75. The van der Waals surface area contributed by atoms with Gasteiger partial charge in [-0.25, -0.2) is 0 Å². The molecule has 2 aromatic carbocycles. The lowest BCUT2D eigenvalue weighted by atomic mass is 9.94. The Labute approximate surface area is 163 Å². The molecule has 0 atom stereocenters. The van der Waals surface area contributed by atoms with E-state index in [4.69, 9.17) is 33.0 Å². The van der Waals surface area contributed by atoms with E-state index in [-0.39, 0.29) is 6.42 Å². The van der Waals surface area contributed by atoms with Crippen LogP contribution in [0, 0.1) is 5.92 Å². The minimum absolute atomic E-state index is 0.267. The Morgan fingerprint density at radius 2 is 1.77 bits per heavy atom. The van der Waals surface area contributed by atoms with Crippen LogP contribution in [0.1, 0.15) is 24.0 Å². The molecule has 26 heavy (non-hydrogen) atoms. The molecule has 1 heterocycles. The van der Waals surface area contributed by atoms with Crippen molar-refractivity contribution < 1.29 is 14.6 Å². The van der Waals surface area contributed by atoms with E-state index in [1.807, 2.05) is 24.3 Å². The van der Waals surface area contributed by atoms with Gasteiger partial charge >= 0.3 is 5.97 Å². The van der Waals surface area contributed by atoms with E-state index in [0.29, 0.717) is 22.6 Å². The fourth-order valence-corrected chi connectivity index (χ4v) is 3.38. The summed E-state index contributed by atoms with van der Waals surface area (Å²) in [6.07, 6.45) is 1.04. The zero-order valence-electron chi connectivity index (χ0n) is 14.3. The minimum Gasteiger partial charge on any atom is -0.489 e. The Morgan fingerprint density at radius 1 is 1.08 bits per heavy atom. The molecule has 6 heteroatoms. The summed E-state index contributed by atoms with van der Waals surface area (Å²) in [5.41, 5.74) is 2.19. The lowest BCUT2D eigenvalue weighted by Gasteiger charge is -2.39. The van der Waals surface area contributed by atoms with E-state index in [9.17, 15) is 4.79 Å². The number of ether oxygens (including phenoxy) is 1. The molecule has 0 saturated carbocycles. The van der Waals surface area contributed by atoms with Crippen LogP contribution in [0.5, 0.6) is 5.75 Å². The van der Waals surface area contributed by atoms with Crippen LogP contribution in [0.3, 0.4) is 0 Å². The van der Waals surface area contributed by atoms with Crippen molar-refractivity contribution in [2.75, 3.05) is 13.1 Å². The first-order valence-electron chi connectivity index (χ1n) is 8.59. The third kappa shape index (κ3) is 5.37. The smallest absolute Gasteiger partial charge is 0.303 e. The van der Waals surface area contributed by atoms with Crippen LogP contribution in [0.4, 0.5) is 0 Å². The van der Waals surface area contributed by atoms with Gasteiger partial charge in [0, 0.05) is 26.1 Å². The predicted octanol–water partition coefficient (Wildman–Crippen LogP) is 4.87. The van der Waals surface area contributed by atoms with E-state index < -0.39 is 5.97 Å². The lowest BCUT2D eigenvalue weighted by molar-refractivity contribution is -0.137. The summed E-state index contributed by atoms with van der Waals surface area (Å²) in [5, 5.41) is 9.78. The minimum atomic E-state index is -0.708. The average Bonchev–Trinajstić information content (AvgIpc) is 2.58. The van der Waals surface area contributed by atoms with E-state index in [1.54, 1.807) is 6.07 Å².